The van der Waals surface area contributed by atoms with Crippen LogP contribution in [-0.4, -0.2) is 44.3 Å². The topological polar surface area (TPSA) is 24.5 Å². The smallest absolute Gasteiger partial charge is 0.131 e. The van der Waals surface area contributed by atoms with Crippen molar-refractivity contribution in [3.63, 3.8) is 0 Å². The molecule has 1 aromatic carbocycles. The number of morpholine rings is 1. The SMILES string of the molecule is CCN1CCOC(CNC)C1c1c(F)cccc1F. The predicted octanol–water partition coefficient (Wildman–Crippen LogP) is 1.95. The maximum atomic E-state index is 14.0. The first-order chi connectivity index (χ1) is 9.19. The predicted molar refractivity (Wildman–Crippen MR) is 70.0 cm³/mol. The minimum absolute atomic E-state index is 0.115. The van der Waals surface area contributed by atoms with Crippen LogP contribution in [0.25, 0.3) is 0 Å². The average molecular weight is 270 g/mol. The molecule has 0 spiro atoms. The van der Waals surface area contributed by atoms with Gasteiger partial charge in [-0.2, -0.15) is 0 Å². The van der Waals surface area contributed by atoms with Gasteiger partial charge in [0.05, 0.1) is 18.8 Å². The molecule has 3 nitrogen and oxygen atoms in total. The summed E-state index contributed by atoms with van der Waals surface area (Å²) in [6, 6.07) is 3.61. The third-order valence-electron chi connectivity index (χ3n) is 3.56. The van der Waals surface area contributed by atoms with E-state index < -0.39 is 11.6 Å². The Morgan fingerprint density at radius 3 is 2.63 bits per heavy atom. The summed E-state index contributed by atoms with van der Waals surface area (Å²) < 4.78 is 33.7. The summed E-state index contributed by atoms with van der Waals surface area (Å²) in [6.45, 7) is 4.58. The van der Waals surface area contributed by atoms with Gasteiger partial charge in [-0.25, -0.2) is 8.78 Å². The van der Waals surface area contributed by atoms with Crippen LogP contribution in [-0.2, 0) is 4.74 Å². The molecule has 1 aliphatic heterocycles. The number of likely N-dealkylation sites (N-methyl/N-ethyl adjacent to an activating group) is 2. The zero-order valence-electron chi connectivity index (χ0n) is 11.3. The quantitative estimate of drug-likeness (QED) is 0.905. The van der Waals surface area contributed by atoms with E-state index >= 15 is 0 Å². The molecule has 1 N–H and O–H groups in total. The first kappa shape index (κ1) is 14.4. The van der Waals surface area contributed by atoms with Gasteiger partial charge < -0.3 is 10.1 Å². The Morgan fingerprint density at radius 1 is 1.37 bits per heavy atom. The molecule has 1 heterocycles. The fourth-order valence-corrected chi connectivity index (χ4v) is 2.67. The van der Waals surface area contributed by atoms with Crippen molar-refractivity contribution in [3.05, 3.63) is 35.4 Å². The van der Waals surface area contributed by atoms with Crippen LogP contribution in [0.2, 0.25) is 0 Å². The summed E-state index contributed by atoms with van der Waals surface area (Å²) in [5.74, 6) is -1.01. The van der Waals surface area contributed by atoms with Crippen molar-refractivity contribution >= 4 is 0 Å². The van der Waals surface area contributed by atoms with Crippen molar-refractivity contribution in [2.24, 2.45) is 0 Å². The fraction of sp³-hybridized carbons (Fsp3) is 0.571. The molecule has 2 atom stereocenters. The first-order valence-corrected chi connectivity index (χ1v) is 6.63. The van der Waals surface area contributed by atoms with Crippen LogP contribution in [0.3, 0.4) is 0 Å². The number of nitrogens with one attached hydrogen (secondary N) is 1. The molecule has 1 aromatic rings. The molecule has 2 unspecified atom stereocenters. The minimum Gasteiger partial charge on any atom is -0.374 e. The highest BCUT2D eigenvalue weighted by molar-refractivity contribution is 5.25. The lowest BCUT2D eigenvalue weighted by molar-refractivity contribution is -0.0707. The van der Waals surface area contributed by atoms with Crippen LogP contribution >= 0.6 is 0 Å². The normalized spacial score (nSPS) is 24.6. The van der Waals surface area contributed by atoms with Gasteiger partial charge >= 0.3 is 0 Å². The first-order valence-electron chi connectivity index (χ1n) is 6.63. The molecule has 1 aliphatic rings. The van der Waals surface area contributed by atoms with Crippen molar-refractivity contribution in [1.82, 2.24) is 10.2 Å². The summed E-state index contributed by atoms with van der Waals surface area (Å²) >= 11 is 0. The van der Waals surface area contributed by atoms with E-state index in [1.165, 1.54) is 18.2 Å². The Labute approximate surface area is 112 Å². The Bertz CT molecular complexity index is 406. The molecule has 5 heteroatoms. The molecule has 0 aliphatic carbocycles. The zero-order valence-corrected chi connectivity index (χ0v) is 11.3. The van der Waals surface area contributed by atoms with Gasteiger partial charge in [0.25, 0.3) is 0 Å². The fourth-order valence-electron chi connectivity index (χ4n) is 2.67. The lowest BCUT2D eigenvalue weighted by Crippen LogP contribution is -2.49. The van der Waals surface area contributed by atoms with E-state index in [0.29, 0.717) is 19.7 Å². The third-order valence-corrected chi connectivity index (χ3v) is 3.56. The highest BCUT2D eigenvalue weighted by atomic mass is 19.1. The second-order valence-electron chi connectivity index (χ2n) is 4.68. The lowest BCUT2D eigenvalue weighted by atomic mass is 9.96. The van der Waals surface area contributed by atoms with E-state index in [1.54, 1.807) is 0 Å². The molecule has 106 valence electrons. The summed E-state index contributed by atoms with van der Waals surface area (Å²) in [5, 5.41) is 3.02. The van der Waals surface area contributed by atoms with Crippen molar-refractivity contribution in [2.75, 3.05) is 33.3 Å². The molecular weight excluding hydrogens is 250 g/mol. The average Bonchev–Trinajstić information content (AvgIpc) is 2.40. The standard InChI is InChI=1S/C14H20F2N2O/c1-3-18-7-8-19-12(9-17-2)14(18)13-10(15)5-4-6-11(13)16/h4-6,12,14,17H,3,7-9H2,1-2H3. The van der Waals surface area contributed by atoms with Crippen molar-refractivity contribution in [1.29, 1.82) is 0 Å². The highest BCUT2D eigenvalue weighted by Gasteiger charge is 2.35. The van der Waals surface area contributed by atoms with Crippen LogP contribution in [0.5, 0.6) is 0 Å². The Morgan fingerprint density at radius 2 is 2.05 bits per heavy atom. The van der Waals surface area contributed by atoms with E-state index in [-0.39, 0.29) is 17.7 Å². The molecule has 0 amide bonds. The highest BCUT2D eigenvalue weighted by Crippen LogP contribution is 2.32. The molecule has 0 bridgehead atoms. The molecule has 0 radical (unpaired) electrons. The Kier molecular flexibility index (Phi) is 4.85. The van der Waals surface area contributed by atoms with Gasteiger partial charge in [0.15, 0.2) is 0 Å². The van der Waals surface area contributed by atoms with Crippen LogP contribution < -0.4 is 5.32 Å². The minimum atomic E-state index is -0.505. The number of benzene rings is 1. The molecular formula is C14H20F2N2O. The van der Waals surface area contributed by atoms with Gasteiger partial charge in [-0.3, -0.25) is 4.90 Å². The number of nitrogens with zero attached hydrogens (tertiary/aromatic N) is 1. The van der Waals surface area contributed by atoms with E-state index in [0.717, 1.165) is 6.54 Å². The molecule has 0 saturated carbocycles. The number of halogens is 2. The second kappa shape index (κ2) is 6.41. The van der Waals surface area contributed by atoms with E-state index in [4.69, 9.17) is 4.74 Å². The van der Waals surface area contributed by atoms with E-state index in [1.807, 2.05) is 14.0 Å². The Balaban J connectivity index is 2.39. The molecule has 1 saturated heterocycles. The van der Waals surface area contributed by atoms with Gasteiger partial charge in [-0.1, -0.05) is 13.0 Å². The third kappa shape index (κ3) is 2.94. The van der Waals surface area contributed by atoms with E-state index in [9.17, 15) is 8.78 Å². The lowest BCUT2D eigenvalue weighted by Gasteiger charge is -2.41. The number of rotatable bonds is 4. The van der Waals surface area contributed by atoms with Crippen LogP contribution in [0.1, 0.15) is 18.5 Å². The second-order valence-corrected chi connectivity index (χ2v) is 4.68. The van der Waals surface area contributed by atoms with Crippen LogP contribution in [0, 0.1) is 11.6 Å². The Hall–Kier alpha value is -1.04. The van der Waals surface area contributed by atoms with Crippen molar-refractivity contribution in [3.8, 4) is 0 Å². The summed E-state index contributed by atoms with van der Waals surface area (Å²) in [7, 11) is 1.81. The summed E-state index contributed by atoms with van der Waals surface area (Å²) in [5.41, 5.74) is 0.115. The number of hydrogen-bond donors (Lipinski definition) is 1. The van der Waals surface area contributed by atoms with E-state index in [2.05, 4.69) is 10.2 Å². The number of ether oxygens (including phenoxy) is 1. The maximum Gasteiger partial charge on any atom is 0.131 e. The van der Waals surface area contributed by atoms with Crippen molar-refractivity contribution in [2.45, 2.75) is 19.1 Å². The summed E-state index contributed by atoms with van der Waals surface area (Å²) in [6.07, 6.45) is -0.245. The zero-order chi connectivity index (χ0) is 13.8. The van der Waals surface area contributed by atoms with Crippen LogP contribution in [0.4, 0.5) is 8.78 Å². The van der Waals surface area contributed by atoms with Crippen molar-refractivity contribution < 1.29 is 13.5 Å². The maximum absolute atomic E-state index is 14.0. The van der Waals surface area contributed by atoms with Gasteiger partial charge in [0.2, 0.25) is 0 Å². The largest absolute Gasteiger partial charge is 0.374 e. The van der Waals surface area contributed by atoms with Crippen LogP contribution in [0.15, 0.2) is 18.2 Å². The van der Waals surface area contributed by atoms with Gasteiger partial charge in [0.1, 0.15) is 11.6 Å². The summed E-state index contributed by atoms with van der Waals surface area (Å²) in [4.78, 5) is 2.06. The van der Waals surface area contributed by atoms with Gasteiger partial charge in [0, 0.05) is 18.7 Å². The molecule has 2 rings (SSSR count). The molecule has 1 fully saturated rings. The van der Waals surface area contributed by atoms with Gasteiger partial charge in [-0.15, -0.1) is 0 Å². The monoisotopic (exact) mass is 270 g/mol. The van der Waals surface area contributed by atoms with Gasteiger partial charge in [-0.05, 0) is 25.7 Å². The molecule has 0 aromatic heterocycles. The molecule has 19 heavy (non-hydrogen) atoms. The number of hydrogen-bond acceptors (Lipinski definition) is 3.